The van der Waals surface area contributed by atoms with Crippen LogP contribution in [-0.4, -0.2) is 21.7 Å². The van der Waals surface area contributed by atoms with E-state index in [2.05, 4.69) is 15.2 Å². The normalized spacial score (nSPS) is 10.5. The monoisotopic (exact) mass is 232 g/mol. The van der Waals surface area contributed by atoms with E-state index >= 15 is 0 Å². The van der Waals surface area contributed by atoms with E-state index in [-0.39, 0.29) is 0 Å². The first-order chi connectivity index (χ1) is 8.29. The Bertz CT molecular complexity index is 481. The van der Waals surface area contributed by atoms with Crippen LogP contribution in [-0.2, 0) is 13.0 Å². The van der Waals surface area contributed by atoms with Crippen molar-refractivity contribution < 1.29 is 4.74 Å². The maximum atomic E-state index is 5.65. The molecule has 0 saturated carbocycles. The summed E-state index contributed by atoms with van der Waals surface area (Å²) < 4.78 is 5.65. The summed E-state index contributed by atoms with van der Waals surface area (Å²) in [5.41, 5.74) is 6.54. The van der Waals surface area contributed by atoms with Crippen molar-refractivity contribution in [2.75, 3.05) is 6.54 Å². The number of hydrogen-bond donors (Lipinski definition) is 2. The minimum absolute atomic E-state index is 0.391. The molecule has 0 aliphatic rings. The fraction of sp³-hybridized carbons (Fsp3) is 0.333. The highest BCUT2D eigenvalue weighted by Crippen LogP contribution is 2.16. The van der Waals surface area contributed by atoms with E-state index in [1.54, 1.807) is 0 Å². The molecule has 5 nitrogen and oxygen atoms in total. The van der Waals surface area contributed by atoms with Gasteiger partial charge in [0.25, 0.3) is 0 Å². The van der Waals surface area contributed by atoms with Gasteiger partial charge in [-0.15, -0.1) is 0 Å². The zero-order chi connectivity index (χ0) is 12.1. The SMILES string of the molecule is Cc1ccccc1OCc1nc(CCN)n[nH]1. The van der Waals surface area contributed by atoms with Gasteiger partial charge in [-0.25, -0.2) is 4.98 Å². The van der Waals surface area contributed by atoms with Crippen LogP contribution in [0, 0.1) is 6.92 Å². The lowest BCUT2D eigenvalue weighted by Gasteiger charge is -2.06. The molecule has 0 bridgehead atoms. The van der Waals surface area contributed by atoms with Gasteiger partial charge in [0, 0.05) is 6.42 Å². The summed E-state index contributed by atoms with van der Waals surface area (Å²) in [7, 11) is 0. The smallest absolute Gasteiger partial charge is 0.162 e. The maximum Gasteiger partial charge on any atom is 0.162 e. The number of ether oxygens (including phenoxy) is 1. The lowest BCUT2D eigenvalue weighted by molar-refractivity contribution is 0.294. The van der Waals surface area contributed by atoms with Crippen LogP contribution in [0.15, 0.2) is 24.3 Å². The maximum absolute atomic E-state index is 5.65. The van der Waals surface area contributed by atoms with Crippen molar-refractivity contribution in [3.8, 4) is 5.75 Å². The summed E-state index contributed by atoms with van der Waals surface area (Å²) in [6.45, 7) is 2.95. The summed E-state index contributed by atoms with van der Waals surface area (Å²) in [6, 6.07) is 7.88. The van der Waals surface area contributed by atoms with Crippen molar-refractivity contribution in [2.24, 2.45) is 5.73 Å². The minimum Gasteiger partial charge on any atom is -0.485 e. The highest BCUT2D eigenvalue weighted by atomic mass is 16.5. The molecule has 0 atom stereocenters. The number of hydrogen-bond acceptors (Lipinski definition) is 4. The Morgan fingerprint density at radius 2 is 2.18 bits per heavy atom. The Morgan fingerprint density at radius 1 is 1.35 bits per heavy atom. The van der Waals surface area contributed by atoms with E-state index in [4.69, 9.17) is 10.5 Å². The van der Waals surface area contributed by atoms with Crippen LogP contribution in [0.3, 0.4) is 0 Å². The number of aromatic amines is 1. The zero-order valence-electron chi connectivity index (χ0n) is 9.81. The summed E-state index contributed by atoms with van der Waals surface area (Å²) in [4.78, 5) is 4.27. The lowest BCUT2D eigenvalue weighted by Crippen LogP contribution is -2.04. The number of aromatic nitrogens is 3. The van der Waals surface area contributed by atoms with Gasteiger partial charge in [0.1, 0.15) is 12.4 Å². The first-order valence-corrected chi connectivity index (χ1v) is 5.58. The highest BCUT2D eigenvalue weighted by Gasteiger charge is 2.04. The second-order valence-electron chi connectivity index (χ2n) is 3.79. The molecule has 0 spiro atoms. The zero-order valence-corrected chi connectivity index (χ0v) is 9.81. The third-order valence-electron chi connectivity index (χ3n) is 2.40. The van der Waals surface area contributed by atoms with Crippen LogP contribution >= 0.6 is 0 Å². The summed E-state index contributed by atoms with van der Waals surface area (Å²) in [6.07, 6.45) is 0.681. The van der Waals surface area contributed by atoms with Gasteiger partial charge in [0.2, 0.25) is 0 Å². The third-order valence-corrected chi connectivity index (χ3v) is 2.40. The van der Waals surface area contributed by atoms with Crippen molar-refractivity contribution >= 4 is 0 Å². The molecule has 0 amide bonds. The molecule has 2 rings (SSSR count). The first kappa shape index (κ1) is 11.6. The Morgan fingerprint density at radius 3 is 2.94 bits per heavy atom. The number of benzene rings is 1. The third kappa shape index (κ3) is 3.04. The van der Waals surface area contributed by atoms with E-state index in [9.17, 15) is 0 Å². The quantitative estimate of drug-likeness (QED) is 0.812. The molecule has 0 unspecified atom stereocenters. The predicted octanol–water partition coefficient (Wildman–Crippen LogP) is 1.19. The van der Waals surface area contributed by atoms with Crippen molar-refractivity contribution in [2.45, 2.75) is 20.0 Å². The van der Waals surface area contributed by atoms with Gasteiger partial charge >= 0.3 is 0 Å². The molecule has 0 fully saturated rings. The van der Waals surface area contributed by atoms with Crippen molar-refractivity contribution in [1.82, 2.24) is 15.2 Å². The Kier molecular flexibility index (Phi) is 3.72. The molecule has 2 aromatic rings. The molecule has 0 aliphatic carbocycles. The highest BCUT2D eigenvalue weighted by molar-refractivity contribution is 5.31. The van der Waals surface area contributed by atoms with Crippen LogP contribution in [0.4, 0.5) is 0 Å². The van der Waals surface area contributed by atoms with Crippen LogP contribution in [0.2, 0.25) is 0 Å². The van der Waals surface area contributed by atoms with Gasteiger partial charge in [0.15, 0.2) is 11.6 Å². The van der Waals surface area contributed by atoms with Crippen LogP contribution in [0.1, 0.15) is 17.2 Å². The number of nitrogens with one attached hydrogen (secondary N) is 1. The number of rotatable bonds is 5. The Balaban J connectivity index is 1.95. The molecule has 0 saturated heterocycles. The second-order valence-corrected chi connectivity index (χ2v) is 3.79. The average molecular weight is 232 g/mol. The van der Waals surface area contributed by atoms with Gasteiger partial charge in [0.05, 0.1) is 0 Å². The molecule has 1 aromatic carbocycles. The van der Waals surface area contributed by atoms with Gasteiger partial charge in [-0.05, 0) is 25.1 Å². The van der Waals surface area contributed by atoms with Crippen molar-refractivity contribution in [3.63, 3.8) is 0 Å². The number of para-hydroxylation sites is 1. The molecule has 1 heterocycles. The number of H-pyrrole nitrogens is 1. The van der Waals surface area contributed by atoms with Gasteiger partial charge in [-0.2, -0.15) is 5.10 Å². The first-order valence-electron chi connectivity index (χ1n) is 5.58. The number of nitrogens with two attached hydrogens (primary N) is 1. The largest absolute Gasteiger partial charge is 0.485 e. The molecular weight excluding hydrogens is 216 g/mol. The van der Waals surface area contributed by atoms with E-state index in [1.165, 1.54) is 0 Å². The number of aryl methyl sites for hydroxylation is 1. The summed E-state index contributed by atoms with van der Waals surface area (Å²) >= 11 is 0. The lowest BCUT2D eigenvalue weighted by atomic mass is 10.2. The second kappa shape index (κ2) is 5.45. The van der Waals surface area contributed by atoms with E-state index in [0.717, 1.165) is 23.0 Å². The van der Waals surface area contributed by atoms with Crippen molar-refractivity contribution in [1.29, 1.82) is 0 Å². The minimum atomic E-state index is 0.391. The molecular formula is C12H16N4O. The average Bonchev–Trinajstić information content (AvgIpc) is 2.76. The van der Waals surface area contributed by atoms with E-state index < -0.39 is 0 Å². The Labute approximate surface area is 100 Å². The molecule has 17 heavy (non-hydrogen) atoms. The Hall–Kier alpha value is -1.88. The predicted molar refractivity (Wildman–Crippen MR) is 64.7 cm³/mol. The standard InChI is InChI=1S/C12H16N4O/c1-9-4-2-3-5-10(9)17-8-12-14-11(6-7-13)15-16-12/h2-5H,6-8,13H2,1H3,(H,14,15,16). The van der Waals surface area contributed by atoms with Crippen LogP contribution in [0.25, 0.3) is 0 Å². The molecule has 0 radical (unpaired) electrons. The fourth-order valence-electron chi connectivity index (χ4n) is 1.50. The van der Waals surface area contributed by atoms with Crippen LogP contribution in [0.5, 0.6) is 5.75 Å². The molecule has 90 valence electrons. The fourth-order valence-corrected chi connectivity index (χ4v) is 1.50. The van der Waals surface area contributed by atoms with Gasteiger partial charge < -0.3 is 10.5 Å². The molecule has 0 aliphatic heterocycles. The summed E-state index contributed by atoms with van der Waals surface area (Å²) in [5, 5.41) is 6.88. The van der Waals surface area contributed by atoms with Gasteiger partial charge in [-0.3, -0.25) is 5.10 Å². The van der Waals surface area contributed by atoms with E-state index in [1.807, 2.05) is 31.2 Å². The van der Waals surface area contributed by atoms with Crippen molar-refractivity contribution in [3.05, 3.63) is 41.5 Å². The molecule has 3 N–H and O–H groups in total. The summed E-state index contributed by atoms with van der Waals surface area (Å²) in [5.74, 6) is 2.32. The van der Waals surface area contributed by atoms with Gasteiger partial charge in [-0.1, -0.05) is 18.2 Å². The topological polar surface area (TPSA) is 76.8 Å². The van der Waals surface area contributed by atoms with E-state index in [0.29, 0.717) is 19.6 Å². The molecule has 1 aromatic heterocycles. The van der Waals surface area contributed by atoms with Crippen LogP contribution < -0.4 is 10.5 Å². The molecule has 5 heteroatoms. The number of nitrogens with zero attached hydrogens (tertiary/aromatic N) is 2.